The molecule has 3 atom stereocenters. The Labute approximate surface area is 292 Å². The molecule has 0 saturated carbocycles. The summed E-state index contributed by atoms with van der Waals surface area (Å²) in [5, 5.41) is 29.6. The van der Waals surface area contributed by atoms with Gasteiger partial charge in [-0.15, -0.1) is 0 Å². The first-order chi connectivity index (χ1) is 24.0. The predicted octanol–water partition coefficient (Wildman–Crippen LogP) is 2.13. The van der Waals surface area contributed by atoms with E-state index in [1.165, 1.54) is 25.7 Å². The third-order valence-corrected chi connectivity index (χ3v) is 8.10. The average molecular weight is 703 g/mol. The van der Waals surface area contributed by atoms with Gasteiger partial charge in [0.05, 0.1) is 13.2 Å². The van der Waals surface area contributed by atoms with E-state index in [-0.39, 0.29) is 64.3 Å². The van der Waals surface area contributed by atoms with Crippen molar-refractivity contribution in [2.75, 3.05) is 26.3 Å². The van der Waals surface area contributed by atoms with Gasteiger partial charge in [0, 0.05) is 55.9 Å². The fourth-order valence-corrected chi connectivity index (χ4v) is 5.28. The first-order valence-corrected chi connectivity index (χ1v) is 17.5. The van der Waals surface area contributed by atoms with Crippen molar-refractivity contribution in [1.29, 1.82) is 0 Å². The number of carboxylic acids is 2. The second kappa shape index (κ2) is 23.8. The number of aromatic nitrogens is 1. The zero-order valence-corrected chi connectivity index (χ0v) is 29.0. The Morgan fingerprint density at radius 1 is 0.800 bits per heavy atom. The Bertz CT molecular complexity index is 1380. The minimum Gasteiger partial charge on any atom is -0.481 e. The summed E-state index contributed by atoms with van der Waals surface area (Å²) in [6.45, 7) is 2.33. The molecule has 2 rings (SSSR count). The molecule has 4 amide bonds. The first-order valence-electron chi connectivity index (χ1n) is 17.5. The molecule has 0 bridgehead atoms. The van der Waals surface area contributed by atoms with Crippen LogP contribution in [0.2, 0.25) is 0 Å². The molecular weight excluding hydrogens is 648 g/mol. The lowest BCUT2D eigenvalue weighted by Gasteiger charge is -2.21. The molecule has 50 heavy (non-hydrogen) atoms. The van der Waals surface area contributed by atoms with Gasteiger partial charge in [0.25, 0.3) is 0 Å². The third kappa shape index (κ3) is 16.7. The molecule has 0 fully saturated rings. The first kappa shape index (κ1) is 41.7. The number of hydrogen-bond acceptors (Lipinski definition) is 8. The van der Waals surface area contributed by atoms with E-state index in [1.54, 1.807) is 6.20 Å². The van der Waals surface area contributed by atoms with E-state index >= 15 is 0 Å². The molecule has 0 spiro atoms. The number of aromatic amines is 1. The lowest BCUT2D eigenvalue weighted by Crippen LogP contribution is -2.54. The van der Waals surface area contributed by atoms with Gasteiger partial charge < -0.3 is 46.9 Å². The Balaban J connectivity index is 1.86. The molecule has 0 unspecified atom stereocenters. The number of rotatable bonds is 27. The van der Waals surface area contributed by atoms with Crippen molar-refractivity contribution in [1.82, 2.24) is 26.3 Å². The number of carbonyl (C=O) groups excluding carboxylic acids is 4. The van der Waals surface area contributed by atoms with Crippen LogP contribution in [0.5, 0.6) is 0 Å². The second-order valence-electron chi connectivity index (χ2n) is 12.3. The minimum absolute atomic E-state index is 0.0527. The number of para-hydroxylation sites is 1. The molecule has 15 heteroatoms. The standard InChI is InChI=1S/C35H54N6O9/c1-2-3-4-5-6-7-8-14-30(42)37-19-20-50-23-26(36)33(46)41-29(21-24-22-39-27-13-10-9-12-25(24)27)34(47)38-18-17-28(35(48)49)40-31(43)15-11-16-32(44)45/h9-10,12-13,22,26,28-29,39H,2-8,11,14-21,23,36H2,1H3,(H,37,42)(H,38,47)(H,40,43)(H,41,46)(H,44,45)(H,48,49)/t26-,28+,29+/m0/s1. The van der Waals surface area contributed by atoms with Crippen LogP contribution in [-0.4, -0.2) is 95.2 Å². The SMILES string of the molecule is CCCCCCCCCC(=O)NCCOC[C@H](N)C(=O)N[C@H](Cc1c[nH]c2ccccc12)C(=O)NCC[C@@H](NC(=O)CCCC(=O)O)C(=O)O. The summed E-state index contributed by atoms with van der Waals surface area (Å²) in [5.41, 5.74) is 7.67. The van der Waals surface area contributed by atoms with Gasteiger partial charge in [-0.2, -0.15) is 0 Å². The summed E-state index contributed by atoms with van der Waals surface area (Å²) in [5.74, 6) is -4.26. The van der Waals surface area contributed by atoms with Crippen molar-refractivity contribution in [2.45, 2.75) is 109 Å². The number of nitrogens with one attached hydrogen (secondary N) is 5. The maximum atomic E-state index is 13.3. The van der Waals surface area contributed by atoms with Crippen LogP contribution in [0.1, 0.15) is 89.5 Å². The van der Waals surface area contributed by atoms with E-state index in [0.717, 1.165) is 35.7 Å². The number of unbranched alkanes of at least 4 members (excludes halogenated alkanes) is 6. The van der Waals surface area contributed by atoms with E-state index < -0.39 is 47.8 Å². The van der Waals surface area contributed by atoms with Crippen LogP contribution >= 0.6 is 0 Å². The van der Waals surface area contributed by atoms with Gasteiger partial charge in [0.15, 0.2) is 0 Å². The number of ether oxygens (including phenoxy) is 1. The molecule has 278 valence electrons. The Kier molecular flexibility index (Phi) is 19.8. The lowest BCUT2D eigenvalue weighted by atomic mass is 10.0. The van der Waals surface area contributed by atoms with Crippen molar-refractivity contribution in [3.05, 3.63) is 36.0 Å². The largest absolute Gasteiger partial charge is 0.481 e. The molecule has 0 radical (unpaired) electrons. The normalized spacial score (nSPS) is 12.8. The molecule has 1 aromatic heterocycles. The number of H-pyrrole nitrogens is 1. The van der Waals surface area contributed by atoms with E-state index in [2.05, 4.69) is 33.2 Å². The Morgan fingerprint density at radius 2 is 1.50 bits per heavy atom. The lowest BCUT2D eigenvalue weighted by molar-refractivity contribution is -0.142. The van der Waals surface area contributed by atoms with Gasteiger partial charge in [-0.3, -0.25) is 24.0 Å². The highest BCUT2D eigenvalue weighted by Gasteiger charge is 2.26. The quantitative estimate of drug-likeness (QED) is 0.0631. The van der Waals surface area contributed by atoms with E-state index in [4.69, 9.17) is 15.6 Å². The van der Waals surface area contributed by atoms with Crippen molar-refractivity contribution >= 4 is 46.5 Å². The summed E-state index contributed by atoms with van der Waals surface area (Å²) >= 11 is 0. The fourth-order valence-electron chi connectivity index (χ4n) is 5.28. The highest BCUT2D eigenvalue weighted by molar-refractivity contribution is 5.91. The van der Waals surface area contributed by atoms with Gasteiger partial charge in [-0.1, -0.05) is 63.6 Å². The Morgan fingerprint density at radius 3 is 2.22 bits per heavy atom. The number of carboxylic acid groups (broad SMARTS) is 2. The minimum atomic E-state index is -1.31. The van der Waals surface area contributed by atoms with E-state index in [0.29, 0.717) is 6.42 Å². The van der Waals surface area contributed by atoms with Crippen molar-refractivity contribution in [3.63, 3.8) is 0 Å². The maximum absolute atomic E-state index is 13.3. The van der Waals surface area contributed by atoms with E-state index in [9.17, 15) is 33.9 Å². The molecular formula is C35H54N6O9. The predicted molar refractivity (Wildman–Crippen MR) is 187 cm³/mol. The van der Waals surface area contributed by atoms with Crippen molar-refractivity contribution in [2.24, 2.45) is 5.73 Å². The molecule has 0 saturated heterocycles. The number of amides is 4. The molecule has 9 N–H and O–H groups in total. The van der Waals surface area contributed by atoms with Gasteiger partial charge >= 0.3 is 11.9 Å². The summed E-state index contributed by atoms with van der Waals surface area (Å²) in [6, 6.07) is 3.96. The summed E-state index contributed by atoms with van der Waals surface area (Å²) in [7, 11) is 0. The molecule has 1 heterocycles. The van der Waals surface area contributed by atoms with Crippen LogP contribution < -0.4 is 27.0 Å². The van der Waals surface area contributed by atoms with Crippen LogP contribution in [-0.2, 0) is 39.9 Å². The highest BCUT2D eigenvalue weighted by atomic mass is 16.5. The number of nitrogens with two attached hydrogens (primary N) is 1. The number of aliphatic carboxylic acids is 2. The number of fused-ring (bicyclic) bond motifs is 1. The van der Waals surface area contributed by atoms with Crippen LogP contribution in [0, 0.1) is 0 Å². The van der Waals surface area contributed by atoms with Gasteiger partial charge in [-0.05, 0) is 30.9 Å². The number of benzene rings is 1. The zero-order valence-electron chi connectivity index (χ0n) is 29.0. The van der Waals surface area contributed by atoms with Crippen LogP contribution in [0.4, 0.5) is 0 Å². The van der Waals surface area contributed by atoms with E-state index in [1.807, 2.05) is 24.3 Å². The fraction of sp³-hybridized carbons (Fsp3) is 0.600. The average Bonchev–Trinajstić information content (AvgIpc) is 3.49. The number of carbonyl (C=O) groups is 6. The van der Waals surface area contributed by atoms with Crippen LogP contribution in [0.25, 0.3) is 10.9 Å². The molecule has 0 aliphatic carbocycles. The molecule has 15 nitrogen and oxygen atoms in total. The van der Waals surface area contributed by atoms with Crippen molar-refractivity contribution < 1.29 is 43.7 Å². The smallest absolute Gasteiger partial charge is 0.326 e. The monoisotopic (exact) mass is 702 g/mol. The molecule has 2 aromatic rings. The zero-order chi connectivity index (χ0) is 36.7. The molecule has 0 aliphatic rings. The third-order valence-electron chi connectivity index (χ3n) is 8.10. The van der Waals surface area contributed by atoms with Gasteiger partial charge in [-0.25, -0.2) is 4.79 Å². The van der Waals surface area contributed by atoms with Crippen LogP contribution in [0.3, 0.4) is 0 Å². The second-order valence-corrected chi connectivity index (χ2v) is 12.3. The van der Waals surface area contributed by atoms with Gasteiger partial charge in [0.1, 0.15) is 18.1 Å². The Hall–Kier alpha value is -4.50. The molecule has 1 aromatic carbocycles. The summed E-state index contributed by atoms with van der Waals surface area (Å²) in [4.78, 5) is 76.0. The summed E-state index contributed by atoms with van der Waals surface area (Å²) in [6.07, 6.45) is 9.68. The summed E-state index contributed by atoms with van der Waals surface area (Å²) < 4.78 is 5.51. The van der Waals surface area contributed by atoms with Gasteiger partial charge in [0.2, 0.25) is 23.6 Å². The highest BCUT2D eigenvalue weighted by Crippen LogP contribution is 2.19. The van der Waals surface area contributed by atoms with Crippen LogP contribution in [0.15, 0.2) is 30.5 Å². The van der Waals surface area contributed by atoms with Crippen molar-refractivity contribution in [3.8, 4) is 0 Å². The number of hydrogen-bond donors (Lipinski definition) is 8. The molecule has 0 aliphatic heterocycles. The maximum Gasteiger partial charge on any atom is 0.326 e. The topological polar surface area (TPSA) is 242 Å².